The van der Waals surface area contributed by atoms with E-state index in [-0.39, 0.29) is 21.7 Å². The fourth-order valence-corrected chi connectivity index (χ4v) is 11.5. The molecule has 0 saturated heterocycles. The second-order valence-electron chi connectivity index (χ2n) is 24.4. The van der Waals surface area contributed by atoms with Crippen molar-refractivity contribution in [2.24, 2.45) is 0 Å². The summed E-state index contributed by atoms with van der Waals surface area (Å²) >= 11 is 2.49. The van der Waals surface area contributed by atoms with E-state index in [1.807, 2.05) is 18.3 Å². The van der Waals surface area contributed by atoms with E-state index in [1.54, 1.807) is 0 Å². The standard InChI is InChI=1S/C70H67N5O.Pt/c1-67(2,3)47-33-36-62-59(42-47)57-28-17-19-30-61(57)74(51-23-14-13-15-24-51)60-29-18-16-27-56(60)58-35-34-55(45-65(58)75(62)66-43-48(37-38-71-66)68(4,5)6)76-54-26-22-25-52(44-54)72-46-73(64-32-21-20-31-63(64)72)53-40-49(69(7,8)9)39-50(41-53)70(10,11)12;/h13-43H,1-12H3;/q-2;. The van der Waals surface area contributed by atoms with Gasteiger partial charge in [0.15, 0.2) is 0 Å². The first kappa shape index (κ1) is 51.6. The van der Waals surface area contributed by atoms with Gasteiger partial charge >= 0.3 is 287 Å². The van der Waals surface area contributed by atoms with E-state index in [0.29, 0.717) is 11.5 Å². The molecular formula is C70H67N5OPt-2. The van der Waals surface area contributed by atoms with Crippen molar-refractivity contribution in [2.45, 2.75) is 105 Å². The molecule has 0 unspecified atom stereocenters. The molecule has 3 heterocycles. The summed E-state index contributed by atoms with van der Waals surface area (Å²) in [4.78, 5) is 9.95. The Morgan fingerprint density at radius 2 is 0.948 bits per heavy atom. The number of rotatable bonds is 6. The molecule has 77 heavy (non-hydrogen) atoms. The molecule has 0 N–H and O–H groups in total. The number of hydrogen-bond acceptors (Lipinski definition) is 4. The molecule has 11 rings (SSSR count). The summed E-state index contributed by atoms with van der Waals surface area (Å²) in [7, 11) is 0. The third-order valence-corrected chi connectivity index (χ3v) is 15.8. The average molecular weight is 1190 g/mol. The molecule has 0 saturated carbocycles. The van der Waals surface area contributed by atoms with Crippen LogP contribution in [0.3, 0.4) is 0 Å². The van der Waals surface area contributed by atoms with Gasteiger partial charge in [-0.3, -0.25) is 0 Å². The normalized spacial score (nSPS) is 13.0. The Morgan fingerprint density at radius 3 is 1.58 bits per heavy atom. The van der Waals surface area contributed by atoms with Gasteiger partial charge in [-0.1, -0.05) is 96.1 Å². The Bertz CT molecular complexity index is 3900. The van der Waals surface area contributed by atoms with Crippen molar-refractivity contribution >= 4 is 45.3 Å². The van der Waals surface area contributed by atoms with Crippen LogP contribution < -0.4 is 14.5 Å². The molecule has 0 spiro atoms. The summed E-state index contributed by atoms with van der Waals surface area (Å²) in [5.74, 6) is 1.90. The number of benzene rings is 8. The zero-order chi connectivity index (χ0) is 54.2. The molecule has 10 aromatic rings. The monoisotopic (exact) mass is 1190 g/mol. The second kappa shape index (κ2) is 19.5. The van der Waals surface area contributed by atoms with Crippen LogP contribution in [0.25, 0.3) is 44.7 Å². The number of fused-ring (bicyclic) bond motifs is 7. The van der Waals surface area contributed by atoms with Crippen LogP contribution in [-0.4, -0.2) is 14.1 Å². The molecule has 0 radical (unpaired) electrons. The van der Waals surface area contributed by atoms with E-state index in [0.717, 1.165) is 82.7 Å². The fourth-order valence-electron chi connectivity index (χ4n) is 10.4. The molecule has 390 valence electrons. The first-order valence-corrected chi connectivity index (χ1v) is 27.8. The summed E-state index contributed by atoms with van der Waals surface area (Å²) in [6.45, 7) is 27.4. The van der Waals surface area contributed by atoms with Gasteiger partial charge in [0.05, 0.1) is 5.69 Å². The van der Waals surface area contributed by atoms with E-state index in [1.165, 1.54) is 22.3 Å². The van der Waals surface area contributed by atoms with Crippen LogP contribution in [0.2, 0.25) is 0 Å². The van der Waals surface area contributed by atoms with Gasteiger partial charge in [-0.25, -0.2) is 0 Å². The molecule has 8 aromatic carbocycles. The second-order valence-corrected chi connectivity index (χ2v) is 25.4. The molecule has 1 aliphatic heterocycles. The van der Waals surface area contributed by atoms with E-state index in [9.17, 15) is 0 Å². The van der Waals surface area contributed by atoms with Crippen molar-refractivity contribution in [1.82, 2.24) is 14.1 Å². The third kappa shape index (κ3) is 9.82. The Morgan fingerprint density at radius 1 is 0.403 bits per heavy atom. The van der Waals surface area contributed by atoms with Gasteiger partial charge in [-0.2, -0.15) is 0 Å². The Labute approximate surface area is 466 Å². The first-order chi connectivity index (χ1) is 36.6. The Hall–Kier alpha value is -7.53. The molecular weight excluding hydrogens is 1120 g/mol. The molecule has 0 bridgehead atoms. The molecule has 1 aliphatic rings. The zero-order valence-electron chi connectivity index (χ0n) is 46.4. The van der Waals surface area contributed by atoms with Crippen molar-refractivity contribution < 1.29 is 24.1 Å². The number of para-hydroxylation sites is 5. The molecule has 2 aromatic heterocycles. The average Bonchev–Trinajstić information content (AvgIpc) is 3.75. The molecule has 7 heteroatoms. The van der Waals surface area contributed by atoms with Gasteiger partial charge < -0.3 is 4.90 Å². The van der Waals surface area contributed by atoms with E-state index >= 15 is 0 Å². The van der Waals surface area contributed by atoms with Crippen molar-refractivity contribution in [2.75, 3.05) is 9.80 Å². The summed E-state index contributed by atoms with van der Waals surface area (Å²) in [5, 5.41) is 0. The van der Waals surface area contributed by atoms with E-state index < -0.39 is 0 Å². The summed E-state index contributed by atoms with van der Waals surface area (Å²) < 4.78 is 12.7. The van der Waals surface area contributed by atoms with Gasteiger partial charge in [0.2, 0.25) is 0 Å². The number of nitrogens with zero attached hydrogens (tertiary/aromatic N) is 5. The van der Waals surface area contributed by atoms with Crippen molar-refractivity contribution in [1.29, 1.82) is 0 Å². The van der Waals surface area contributed by atoms with Crippen molar-refractivity contribution in [3.8, 4) is 45.1 Å². The predicted octanol–water partition coefficient (Wildman–Crippen LogP) is 19.1. The zero-order valence-corrected chi connectivity index (χ0v) is 48.6. The molecule has 0 atom stereocenters. The van der Waals surface area contributed by atoms with Gasteiger partial charge in [-0.15, -0.1) is 0 Å². The summed E-state index contributed by atoms with van der Waals surface area (Å²) in [6.07, 6.45) is 1.94. The maximum absolute atomic E-state index is 7.04. The number of imidazole rings is 1. The number of pyridine rings is 1. The summed E-state index contributed by atoms with van der Waals surface area (Å²) in [5.41, 5.74) is 18.0. The first-order valence-electron chi connectivity index (χ1n) is 26.7. The van der Waals surface area contributed by atoms with Crippen molar-refractivity contribution in [3.05, 3.63) is 226 Å². The quantitative estimate of drug-likeness (QED) is 0.156. The Kier molecular flexibility index (Phi) is 13.1. The van der Waals surface area contributed by atoms with Gasteiger partial charge in [-0.05, 0) is 58.4 Å². The minimum absolute atomic E-state index is 0.0366. The molecule has 0 aliphatic carbocycles. The van der Waals surface area contributed by atoms with Gasteiger partial charge in [0, 0.05) is 17.4 Å². The van der Waals surface area contributed by atoms with Gasteiger partial charge in [0.1, 0.15) is 0 Å². The number of aromatic nitrogens is 3. The van der Waals surface area contributed by atoms with Crippen LogP contribution in [-0.2, 0) is 41.0 Å². The SMILES string of the molecule is CC(C)(C)c1cc(-n2[c](=[Pt])n(-c3[c-]c(Oc4[c-]c5c(cc4)-c4ccccc4N(c4ccccc4)c4ccccc4-c4cc(C(C)(C)C)ccc4N5c4cc(C(C)(C)C)ccn4)ccc3)c3ccccc32)cc(C(C)(C)C)c1. The fraction of sp³-hybridized carbons (Fsp3) is 0.229. The van der Waals surface area contributed by atoms with E-state index in [2.05, 4.69) is 303 Å². The van der Waals surface area contributed by atoms with E-state index in [4.69, 9.17) is 9.72 Å². The van der Waals surface area contributed by atoms with Gasteiger partial charge in [0.25, 0.3) is 0 Å². The van der Waals surface area contributed by atoms with Crippen LogP contribution in [0.5, 0.6) is 11.5 Å². The molecule has 0 fully saturated rings. The van der Waals surface area contributed by atoms with Crippen LogP contribution in [0, 0.1) is 15.9 Å². The minimum atomic E-state index is -0.143. The summed E-state index contributed by atoms with van der Waals surface area (Å²) in [6, 6.07) is 73.3. The van der Waals surface area contributed by atoms with Crippen LogP contribution >= 0.6 is 0 Å². The number of ether oxygens (including phenoxy) is 1. The molecule has 6 nitrogen and oxygen atoms in total. The van der Waals surface area contributed by atoms with Crippen molar-refractivity contribution in [3.63, 3.8) is 0 Å². The maximum atomic E-state index is 7.04. The Balaban J connectivity index is 1.13. The van der Waals surface area contributed by atoms with Crippen LogP contribution in [0.15, 0.2) is 188 Å². The molecule has 0 amide bonds. The third-order valence-electron chi connectivity index (χ3n) is 14.8. The predicted molar refractivity (Wildman–Crippen MR) is 316 cm³/mol. The van der Waals surface area contributed by atoms with Crippen LogP contribution in [0.4, 0.5) is 34.3 Å². The topological polar surface area (TPSA) is 38.5 Å². The number of hydrogen-bond donors (Lipinski definition) is 0. The van der Waals surface area contributed by atoms with Crippen LogP contribution in [0.1, 0.15) is 105 Å². The number of anilines is 6.